The maximum absolute atomic E-state index is 14.3. The van der Waals surface area contributed by atoms with Crippen LogP contribution >= 0.6 is 0 Å². The molecular weight excluding hydrogens is 538 g/mol. The van der Waals surface area contributed by atoms with Crippen molar-refractivity contribution in [3.63, 3.8) is 0 Å². The maximum Gasteiger partial charge on any atom is 0.313 e. The summed E-state index contributed by atoms with van der Waals surface area (Å²) in [5, 5.41) is 12.5. The van der Waals surface area contributed by atoms with E-state index in [1.807, 2.05) is 42.5 Å². The van der Waals surface area contributed by atoms with Crippen LogP contribution in [0.15, 0.2) is 54.6 Å². The van der Waals surface area contributed by atoms with E-state index in [1.165, 1.54) is 4.90 Å². The van der Waals surface area contributed by atoms with Gasteiger partial charge in [0.2, 0.25) is 17.7 Å². The summed E-state index contributed by atoms with van der Waals surface area (Å²) in [7, 11) is 0. The second kappa shape index (κ2) is 13.2. The number of nitrogens with zero attached hydrogens (tertiary/aromatic N) is 2. The molecule has 4 aliphatic heterocycles. The first-order valence-corrected chi connectivity index (χ1v) is 15.2. The SMILES string of the molecule is CCCCCN1C/C=C\CCC(=O)NC[C@H](c2ccccc2)OC(=O)[C@@H]2[C@H]3C(=O)N(CCCO)[C@H](C1=O)[C@]31C=C[C@H]2O1. The lowest BCUT2D eigenvalue weighted by Gasteiger charge is -2.36. The summed E-state index contributed by atoms with van der Waals surface area (Å²) in [6, 6.07) is 8.21. The van der Waals surface area contributed by atoms with Crippen LogP contribution in [0.1, 0.15) is 57.1 Å². The third kappa shape index (κ3) is 5.74. The summed E-state index contributed by atoms with van der Waals surface area (Å²) in [5.74, 6) is -3.23. The van der Waals surface area contributed by atoms with Crippen LogP contribution in [0.4, 0.5) is 0 Å². The highest BCUT2D eigenvalue weighted by molar-refractivity contribution is 5.99. The van der Waals surface area contributed by atoms with E-state index in [4.69, 9.17) is 9.47 Å². The highest BCUT2D eigenvalue weighted by atomic mass is 16.6. The van der Waals surface area contributed by atoms with Crippen molar-refractivity contribution in [2.45, 2.75) is 69.3 Å². The molecule has 6 atom stereocenters. The Morgan fingerprint density at radius 2 is 1.83 bits per heavy atom. The summed E-state index contributed by atoms with van der Waals surface area (Å²) in [6.45, 7) is 3.06. The van der Waals surface area contributed by atoms with Gasteiger partial charge in [0.05, 0.1) is 18.6 Å². The largest absolute Gasteiger partial charge is 0.455 e. The topological polar surface area (TPSA) is 125 Å². The number of likely N-dealkylation sites (tertiary alicyclic amines) is 1. The van der Waals surface area contributed by atoms with Gasteiger partial charge in [-0.05, 0) is 24.8 Å². The van der Waals surface area contributed by atoms with Gasteiger partial charge in [0.1, 0.15) is 23.7 Å². The third-order valence-electron chi connectivity index (χ3n) is 8.73. The molecule has 4 heterocycles. The monoisotopic (exact) mass is 579 g/mol. The number of benzene rings is 1. The number of amides is 3. The Balaban J connectivity index is 1.52. The van der Waals surface area contributed by atoms with Crippen molar-refractivity contribution in [3.05, 3.63) is 60.2 Å². The van der Waals surface area contributed by atoms with Crippen molar-refractivity contribution < 1.29 is 33.8 Å². The van der Waals surface area contributed by atoms with Gasteiger partial charge in [0, 0.05) is 32.7 Å². The smallest absolute Gasteiger partial charge is 0.313 e. The lowest BCUT2D eigenvalue weighted by atomic mass is 9.74. The molecule has 1 aromatic carbocycles. The molecule has 42 heavy (non-hydrogen) atoms. The molecule has 0 radical (unpaired) electrons. The molecule has 0 aromatic heterocycles. The fraction of sp³-hybridized carbons (Fsp3) is 0.562. The number of carbonyl (C=O) groups excluding carboxylic acids is 4. The highest BCUT2D eigenvalue weighted by Gasteiger charge is 2.73. The van der Waals surface area contributed by atoms with Crippen LogP contribution in [-0.2, 0) is 28.7 Å². The van der Waals surface area contributed by atoms with E-state index < -0.39 is 41.7 Å². The van der Waals surface area contributed by atoms with Crippen molar-refractivity contribution in [2.24, 2.45) is 11.8 Å². The molecule has 10 heteroatoms. The second-order valence-corrected chi connectivity index (χ2v) is 11.5. The van der Waals surface area contributed by atoms with Crippen LogP contribution in [0.3, 0.4) is 0 Å². The van der Waals surface area contributed by atoms with Crippen LogP contribution in [0.5, 0.6) is 0 Å². The Hall–Kier alpha value is -3.50. The van der Waals surface area contributed by atoms with Crippen molar-refractivity contribution in [2.75, 3.05) is 32.8 Å². The molecule has 2 saturated heterocycles. The molecule has 1 aromatic rings. The molecule has 0 unspecified atom stereocenters. The first-order valence-electron chi connectivity index (χ1n) is 15.2. The van der Waals surface area contributed by atoms with Crippen molar-refractivity contribution in [1.29, 1.82) is 0 Å². The number of aliphatic hydroxyl groups excluding tert-OH is 1. The number of unbranched alkanes of at least 4 members (excludes halogenated alkanes) is 2. The average Bonchev–Trinajstić information content (AvgIpc) is 3.64. The van der Waals surface area contributed by atoms with Crippen LogP contribution in [0.25, 0.3) is 0 Å². The zero-order chi connectivity index (χ0) is 29.7. The quantitative estimate of drug-likeness (QED) is 0.275. The number of allylic oxidation sites excluding steroid dienone is 1. The Morgan fingerprint density at radius 1 is 1.02 bits per heavy atom. The van der Waals surface area contributed by atoms with Gasteiger partial charge in [-0.2, -0.15) is 0 Å². The van der Waals surface area contributed by atoms with Gasteiger partial charge in [-0.25, -0.2) is 0 Å². The minimum absolute atomic E-state index is 0.0884. The van der Waals surface area contributed by atoms with E-state index in [1.54, 1.807) is 17.1 Å². The average molecular weight is 580 g/mol. The Morgan fingerprint density at radius 3 is 2.60 bits per heavy atom. The number of ether oxygens (including phenoxy) is 2. The van der Waals surface area contributed by atoms with Gasteiger partial charge in [0.25, 0.3) is 0 Å². The summed E-state index contributed by atoms with van der Waals surface area (Å²) in [5.41, 5.74) is -0.578. The Bertz CT molecular complexity index is 1220. The number of cyclic esters (lactones) is 1. The predicted octanol–water partition coefficient (Wildman–Crippen LogP) is 2.29. The first-order chi connectivity index (χ1) is 20.4. The van der Waals surface area contributed by atoms with Crippen molar-refractivity contribution in [1.82, 2.24) is 15.1 Å². The normalized spacial score (nSPS) is 32.2. The molecule has 10 nitrogen and oxygen atoms in total. The lowest BCUT2D eigenvalue weighted by Crippen LogP contribution is -2.56. The molecule has 2 fully saturated rings. The minimum atomic E-state index is -1.30. The van der Waals surface area contributed by atoms with Gasteiger partial charge in [-0.1, -0.05) is 74.4 Å². The van der Waals surface area contributed by atoms with Gasteiger partial charge >= 0.3 is 5.97 Å². The fourth-order valence-corrected chi connectivity index (χ4v) is 6.66. The lowest BCUT2D eigenvalue weighted by molar-refractivity contribution is -0.159. The van der Waals surface area contributed by atoms with Crippen LogP contribution < -0.4 is 5.32 Å². The molecule has 0 aliphatic carbocycles. The van der Waals surface area contributed by atoms with Gasteiger partial charge < -0.3 is 29.7 Å². The summed E-state index contributed by atoms with van der Waals surface area (Å²) >= 11 is 0. The number of aliphatic hydroxyl groups is 1. The standard InChI is InChI=1S/C32H41N3O7/c1-2-3-9-17-34-18-10-5-8-14-25(37)33-21-24(22-12-6-4-7-13-22)41-31(40)26-23-15-16-32(42-23)27(26)29(38)35(19-11-20-36)28(32)30(34)39/h4-7,10,12-13,15-16,23-24,26-28,36H,2-3,8-9,11,14,17-21H2,1H3,(H,33,37)/b10-5-/t23-,24-,26+,27+,28-,32+/m1/s1. The van der Waals surface area contributed by atoms with Gasteiger partial charge in [-0.3, -0.25) is 19.2 Å². The number of nitrogens with one attached hydrogen (secondary N) is 1. The van der Waals surface area contributed by atoms with Crippen molar-refractivity contribution in [3.8, 4) is 0 Å². The van der Waals surface area contributed by atoms with Crippen LogP contribution in [0, 0.1) is 11.8 Å². The van der Waals surface area contributed by atoms with Gasteiger partial charge in [-0.15, -0.1) is 0 Å². The molecule has 2 N–H and O–H groups in total. The third-order valence-corrected chi connectivity index (χ3v) is 8.73. The molecule has 5 bridgehead atoms. The zero-order valence-electron chi connectivity index (χ0n) is 24.2. The van der Waals surface area contributed by atoms with E-state index in [-0.39, 0.29) is 43.8 Å². The molecule has 0 saturated carbocycles. The molecule has 226 valence electrons. The summed E-state index contributed by atoms with van der Waals surface area (Å²) in [6.07, 6.45) is 9.66. The Labute approximate surface area is 246 Å². The molecule has 5 rings (SSSR count). The van der Waals surface area contributed by atoms with E-state index in [2.05, 4.69) is 12.2 Å². The molecular formula is C32H41N3O7. The zero-order valence-corrected chi connectivity index (χ0v) is 24.2. The van der Waals surface area contributed by atoms with E-state index in [0.717, 1.165) is 24.8 Å². The fourth-order valence-electron chi connectivity index (χ4n) is 6.66. The van der Waals surface area contributed by atoms with Gasteiger partial charge in [0.15, 0.2) is 0 Å². The number of hydrogen-bond donors (Lipinski definition) is 2. The molecule has 1 spiro atoms. The van der Waals surface area contributed by atoms with E-state index in [9.17, 15) is 24.3 Å². The van der Waals surface area contributed by atoms with E-state index in [0.29, 0.717) is 25.9 Å². The predicted molar refractivity (Wildman–Crippen MR) is 154 cm³/mol. The van der Waals surface area contributed by atoms with Crippen molar-refractivity contribution >= 4 is 23.7 Å². The number of hydrogen-bond acceptors (Lipinski definition) is 7. The molecule has 4 aliphatic rings. The highest BCUT2D eigenvalue weighted by Crippen LogP contribution is 2.55. The molecule has 3 amide bonds. The maximum atomic E-state index is 14.3. The number of esters is 1. The minimum Gasteiger partial charge on any atom is -0.455 e. The Kier molecular flexibility index (Phi) is 9.43. The number of fused-ring (bicyclic) bond motifs is 2. The summed E-state index contributed by atoms with van der Waals surface area (Å²) < 4.78 is 12.5. The number of carbonyl (C=O) groups is 4. The first kappa shape index (κ1) is 30.0. The van der Waals surface area contributed by atoms with Crippen LogP contribution in [0.2, 0.25) is 0 Å². The second-order valence-electron chi connectivity index (χ2n) is 11.5. The number of rotatable bonds is 8. The summed E-state index contributed by atoms with van der Waals surface area (Å²) in [4.78, 5) is 58.2. The van der Waals surface area contributed by atoms with E-state index >= 15 is 0 Å². The van der Waals surface area contributed by atoms with Crippen LogP contribution in [-0.4, -0.2) is 89.1 Å².